The zero-order chi connectivity index (χ0) is 23.4. The van der Waals surface area contributed by atoms with Gasteiger partial charge in [0.25, 0.3) is 0 Å². The van der Waals surface area contributed by atoms with Gasteiger partial charge in [-0.3, -0.25) is 4.79 Å². The minimum Gasteiger partial charge on any atom is -0.385 e. The van der Waals surface area contributed by atoms with Crippen molar-refractivity contribution in [2.75, 3.05) is 18.8 Å². The molecule has 0 aliphatic carbocycles. The third kappa shape index (κ3) is 5.42. The van der Waals surface area contributed by atoms with Gasteiger partial charge in [0.2, 0.25) is 15.9 Å². The molecule has 1 fully saturated rings. The second-order valence-corrected chi connectivity index (χ2v) is 10.6. The smallest absolute Gasteiger partial charge is 0.241 e. The Morgan fingerprint density at radius 3 is 2.73 bits per heavy atom. The number of likely N-dealkylation sites (tertiary alicyclic amines) is 1. The van der Waals surface area contributed by atoms with Crippen molar-refractivity contribution >= 4 is 32.7 Å². The van der Waals surface area contributed by atoms with Crippen LogP contribution in [0.5, 0.6) is 0 Å². The topological polar surface area (TPSA) is 113 Å². The molecule has 178 valence electrons. The molecule has 3 aromatic rings. The van der Waals surface area contributed by atoms with E-state index in [1.807, 2.05) is 27.8 Å². The molecule has 1 unspecified atom stereocenters. The zero-order valence-corrected chi connectivity index (χ0v) is 19.9. The first kappa shape index (κ1) is 23.4. The van der Waals surface area contributed by atoms with Gasteiger partial charge in [-0.15, -0.1) is 0 Å². The number of hydrogen-bond acceptors (Lipinski definition) is 4. The highest BCUT2D eigenvalue weighted by molar-refractivity contribution is 7.89. The summed E-state index contributed by atoms with van der Waals surface area (Å²) < 4.78 is 31.0. The third-order valence-corrected chi connectivity index (χ3v) is 8.05. The van der Waals surface area contributed by atoms with E-state index >= 15 is 0 Å². The number of aromatic nitrogens is 2. The number of nitrogens with zero attached hydrogens (tertiary/aromatic N) is 2. The lowest BCUT2D eigenvalue weighted by Gasteiger charge is -2.34. The average molecular weight is 472 g/mol. The standard InChI is InChI=1S/C24H33N5O3S/c1-2-4-18-9-14-29(15-10-18)24(30)21(11-16-28-13-3-5-23(28)25)27-33(31,32)20-7-6-19-8-12-26-22(19)17-20/h3,5-8,12-13,17-18,21,26-27H,2,4,9-11,14-16,25H2,1H3. The van der Waals surface area contributed by atoms with E-state index in [-0.39, 0.29) is 10.8 Å². The molecule has 3 heterocycles. The van der Waals surface area contributed by atoms with E-state index in [4.69, 9.17) is 5.73 Å². The number of sulfonamides is 1. The number of H-pyrrole nitrogens is 1. The fraction of sp³-hybridized carbons (Fsp3) is 0.458. The van der Waals surface area contributed by atoms with Crippen molar-refractivity contribution in [3.63, 3.8) is 0 Å². The van der Waals surface area contributed by atoms with Crippen molar-refractivity contribution in [2.24, 2.45) is 5.92 Å². The summed E-state index contributed by atoms with van der Waals surface area (Å²) in [7, 11) is -3.89. The Hall–Kier alpha value is -2.78. The number of carbonyl (C=O) groups excluding carboxylic acids is 1. The number of piperidine rings is 1. The Morgan fingerprint density at radius 2 is 2.03 bits per heavy atom. The number of hydrogen-bond donors (Lipinski definition) is 3. The number of amides is 1. The number of rotatable bonds is 9. The van der Waals surface area contributed by atoms with Crippen molar-refractivity contribution in [1.29, 1.82) is 0 Å². The first-order valence-corrected chi connectivity index (χ1v) is 13.1. The maximum Gasteiger partial charge on any atom is 0.241 e. The lowest BCUT2D eigenvalue weighted by Crippen LogP contribution is -2.51. The Kier molecular flexibility index (Phi) is 7.09. The highest BCUT2D eigenvalue weighted by Crippen LogP contribution is 2.23. The minimum absolute atomic E-state index is 0.136. The number of aryl methyl sites for hydroxylation is 1. The summed E-state index contributed by atoms with van der Waals surface area (Å²) in [6.45, 7) is 3.96. The molecule has 1 saturated heterocycles. The van der Waals surface area contributed by atoms with E-state index in [2.05, 4.69) is 16.6 Å². The van der Waals surface area contributed by atoms with E-state index in [9.17, 15) is 13.2 Å². The normalized spacial score (nSPS) is 16.3. The number of anilines is 1. The maximum absolute atomic E-state index is 13.4. The van der Waals surface area contributed by atoms with Crippen LogP contribution in [0.15, 0.2) is 53.7 Å². The van der Waals surface area contributed by atoms with Crippen LogP contribution >= 0.6 is 0 Å². The molecule has 1 amide bonds. The van der Waals surface area contributed by atoms with Crippen molar-refractivity contribution < 1.29 is 13.2 Å². The summed E-state index contributed by atoms with van der Waals surface area (Å²) in [5.74, 6) is 1.06. The number of aromatic amines is 1. The molecule has 1 aromatic carbocycles. The number of nitrogen functional groups attached to an aromatic ring is 1. The van der Waals surface area contributed by atoms with E-state index < -0.39 is 16.1 Å². The molecule has 4 rings (SSSR count). The van der Waals surface area contributed by atoms with Gasteiger partial charge in [0.15, 0.2) is 0 Å². The first-order chi connectivity index (χ1) is 15.9. The van der Waals surface area contributed by atoms with E-state index in [1.165, 1.54) is 6.42 Å². The Bertz CT molecular complexity index is 1190. The average Bonchev–Trinajstić information content (AvgIpc) is 3.45. The Morgan fingerprint density at radius 1 is 1.24 bits per heavy atom. The van der Waals surface area contributed by atoms with E-state index in [0.29, 0.717) is 37.8 Å². The number of benzene rings is 1. The van der Waals surface area contributed by atoms with Crippen molar-refractivity contribution in [2.45, 2.75) is 56.5 Å². The summed E-state index contributed by atoms with van der Waals surface area (Å²) >= 11 is 0. The van der Waals surface area contributed by atoms with Crippen LogP contribution in [0, 0.1) is 5.92 Å². The van der Waals surface area contributed by atoms with Gasteiger partial charge < -0.3 is 20.2 Å². The third-order valence-electron chi connectivity index (χ3n) is 6.58. The number of fused-ring (bicyclic) bond motifs is 1. The second kappa shape index (κ2) is 10.0. The zero-order valence-electron chi connectivity index (χ0n) is 19.0. The van der Waals surface area contributed by atoms with Gasteiger partial charge in [-0.1, -0.05) is 25.8 Å². The van der Waals surface area contributed by atoms with Crippen LogP contribution < -0.4 is 10.5 Å². The monoisotopic (exact) mass is 471 g/mol. The summed E-state index contributed by atoms with van der Waals surface area (Å²) in [5.41, 5.74) is 6.71. The largest absolute Gasteiger partial charge is 0.385 e. The lowest BCUT2D eigenvalue weighted by molar-refractivity contribution is -0.134. The van der Waals surface area contributed by atoms with Crippen LogP contribution in [0.3, 0.4) is 0 Å². The van der Waals surface area contributed by atoms with Gasteiger partial charge in [0, 0.05) is 37.5 Å². The molecule has 0 bridgehead atoms. The minimum atomic E-state index is -3.89. The highest BCUT2D eigenvalue weighted by Gasteiger charge is 2.31. The Labute approximate surface area is 195 Å². The predicted molar refractivity (Wildman–Crippen MR) is 130 cm³/mol. The highest BCUT2D eigenvalue weighted by atomic mass is 32.2. The fourth-order valence-corrected chi connectivity index (χ4v) is 5.90. The van der Waals surface area contributed by atoms with Crippen molar-refractivity contribution in [1.82, 2.24) is 19.2 Å². The van der Waals surface area contributed by atoms with Crippen molar-refractivity contribution in [3.8, 4) is 0 Å². The number of nitrogens with one attached hydrogen (secondary N) is 2. The van der Waals surface area contributed by atoms with Crippen LogP contribution in [0.25, 0.3) is 10.9 Å². The molecule has 1 atom stereocenters. The molecule has 0 radical (unpaired) electrons. The van der Waals surface area contributed by atoms with Gasteiger partial charge in [0.1, 0.15) is 11.9 Å². The van der Waals surface area contributed by atoms with Gasteiger partial charge in [-0.05, 0) is 60.9 Å². The van der Waals surface area contributed by atoms with Crippen LogP contribution in [0.1, 0.15) is 39.0 Å². The van der Waals surface area contributed by atoms with Crippen molar-refractivity contribution in [3.05, 3.63) is 48.8 Å². The molecule has 1 aliphatic rings. The first-order valence-electron chi connectivity index (χ1n) is 11.7. The molecule has 0 spiro atoms. The van der Waals surface area contributed by atoms with Crippen LogP contribution in [0.4, 0.5) is 5.82 Å². The molecule has 0 saturated carbocycles. The van der Waals surface area contributed by atoms with Gasteiger partial charge in [0.05, 0.1) is 4.90 Å². The molecular weight excluding hydrogens is 438 g/mol. The fourth-order valence-electron chi connectivity index (χ4n) is 4.65. The number of carbonyl (C=O) groups is 1. The van der Waals surface area contributed by atoms with Gasteiger partial charge >= 0.3 is 0 Å². The van der Waals surface area contributed by atoms with Crippen LogP contribution in [-0.4, -0.2) is 47.9 Å². The summed E-state index contributed by atoms with van der Waals surface area (Å²) in [4.78, 5) is 18.4. The van der Waals surface area contributed by atoms with Crippen LogP contribution in [0.2, 0.25) is 0 Å². The molecule has 2 aromatic heterocycles. The van der Waals surface area contributed by atoms with Gasteiger partial charge in [-0.25, -0.2) is 8.42 Å². The second-order valence-electron chi connectivity index (χ2n) is 8.87. The molecular formula is C24H33N5O3S. The quantitative estimate of drug-likeness (QED) is 0.444. The van der Waals surface area contributed by atoms with E-state index in [0.717, 1.165) is 30.2 Å². The van der Waals surface area contributed by atoms with Crippen LogP contribution in [-0.2, 0) is 21.4 Å². The molecule has 4 N–H and O–H groups in total. The SMILES string of the molecule is CCCC1CCN(C(=O)C(CCn2cccc2N)NS(=O)(=O)c2ccc3cc[nH]c3c2)CC1. The predicted octanol–water partition coefficient (Wildman–Crippen LogP) is 3.33. The molecule has 1 aliphatic heterocycles. The van der Waals surface area contributed by atoms with Gasteiger partial charge in [-0.2, -0.15) is 4.72 Å². The molecule has 9 heteroatoms. The molecule has 33 heavy (non-hydrogen) atoms. The number of nitrogens with two attached hydrogens (primary N) is 1. The lowest BCUT2D eigenvalue weighted by atomic mass is 9.92. The Balaban J connectivity index is 1.52. The summed E-state index contributed by atoms with van der Waals surface area (Å²) in [6, 6.07) is 9.56. The summed E-state index contributed by atoms with van der Waals surface area (Å²) in [5, 5.41) is 0.930. The summed E-state index contributed by atoms with van der Waals surface area (Å²) in [6.07, 6.45) is 8.17. The molecule has 8 nitrogen and oxygen atoms in total. The maximum atomic E-state index is 13.4. The van der Waals surface area contributed by atoms with E-state index in [1.54, 1.807) is 30.5 Å².